The van der Waals surface area contributed by atoms with Crippen molar-refractivity contribution in [2.75, 3.05) is 14.1 Å². The zero-order valence-electron chi connectivity index (χ0n) is 13.1. The second-order valence-corrected chi connectivity index (χ2v) is 6.34. The number of hydrogen-bond acceptors (Lipinski definition) is 3. The van der Waals surface area contributed by atoms with Crippen LogP contribution in [0.15, 0.2) is 24.3 Å². The van der Waals surface area contributed by atoms with E-state index in [-0.39, 0.29) is 17.9 Å². The van der Waals surface area contributed by atoms with Gasteiger partial charge in [0.15, 0.2) is 0 Å². The van der Waals surface area contributed by atoms with E-state index in [2.05, 4.69) is 36.4 Å². The molecule has 1 aliphatic rings. The number of carbonyl (C=O) groups is 1. The van der Waals surface area contributed by atoms with Gasteiger partial charge in [-0.2, -0.15) is 0 Å². The third-order valence-corrected chi connectivity index (χ3v) is 4.20. The van der Waals surface area contributed by atoms with Gasteiger partial charge >= 0.3 is 0 Å². The number of rotatable bonds is 5. The number of nitrogens with two attached hydrogens (primary N) is 1. The Hall–Kier alpha value is -1.39. The molecule has 21 heavy (non-hydrogen) atoms. The van der Waals surface area contributed by atoms with Gasteiger partial charge in [0.2, 0.25) is 5.91 Å². The van der Waals surface area contributed by atoms with Gasteiger partial charge in [-0.05, 0) is 50.9 Å². The van der Waals surface area contributed by atoms with E-state index in [1.165, 1.54) is 11.1 Å². The summed E-state index contributed by atoms with van der Waals surface area (Å²) in [6, 6.07) is 8.58. The fraction of sp³-hybridized carbons (Fsp3) is 0.588. The highest BCUT2D eigenvalue weighted by molar-refractivity contribution is 5.78. The van der Waals surface area contributed by atoms with Crippen LogP contribution < -0.4 is 11.1 Å². The lowest BCUT2D eigenvalue weighted by Gasteiger charge is -2.25. The number of nitrogens with one attached hydrogen (secondary N) is 1. The van der Waals surface area contributed by atoms with Crippen LogP contribution in [-0.4, -0.2) is 30.9 Å². The number of benzene rings is 1. The van der Waals surface area contributed by atoms with Crippen LogP contribution in [0, 0.1) is 5.92 Å². The van der Waals surface area contributed by atoms with Gasteiger partial charge in [0.25, 0.3) is 0 Å². The minimum Gasteiger partial charge on any atom is -0.352 e. The minimum atomic E-state index is 0.144. The highest BCUT2D eigenvalue weighted by atomic mass is 16.1. The van der Waals surface area contributed by atoms with Gasteiger partial charge in [-0.1, -0.05) is 24.3 Å². The first-order valence-corrected chi connectivity index (χ1v) is 7.81. The van der Waals surface area contributed by atoms with Crippen molar-refractivity contribution in [3.05, 3.63) is 35.4 Å². The molecular formula is C17H27N3O. The standard InChI is InChI=1S/C17H27N3O/c1-20(2)12-15-6-4-3-5-14(15)11-19-17(21)13-7-9-16(18)10-8-13/h3-6,13,16H,7-12,18H2,1-2H3,(H,19,21). The van der Waals surface area contributed by atoms with E-state index in [9.17, 15) is 4.79 Å². The lowest BCUT2D eigenvalue weighted by molar-refractivity contribution is -0.126. The Kier molecular flexibility index (Phi) is 5.76. The Bertz CT molecular complexity index is 465. The highest BCUT2D eigenvalue weighted by Gasteiger charge is 2.24. The summed E-state index contributed by atoms with van der Waals surface area (Å²) in [6.45, 7) is 1.51. The molecule has 3 N–H and O–H groups in total. The van der Waals surface area contributed by atoms with Crippen molar-refractivity contribution < 1.29 is 4.79 Å². The monoisotopic (exact) mass is 289 g/mol. The van der Waals surface area contributed by atoms with E-state index in [0.717, 1.165) is 32.2 Å². The first-order valence-electron chi connectivity index (χ1n) is 7.81. The molecule has 0 aliphatic heterocycles. The molecule has 116 valence electrons. The normalized spacial score (nSPS) is 22.3. The molecule has 0 bridgehead atoms. The summed E-state index contributed by atoms with van der Waals surface area (Å²) in [5, 5.41) is 3.10. The lowest BCUT2D eigenvalue weighted by atomic mass is 9.86. The fourth-order valence-corrected chi connectivity index (χ4v) is 2.93. The largest absolute Gasteiger partial charge is 0.352 e. The molecule has 4 nitrogen and oxygen atoms in total. The Labute approximate surface area is 127 Å². The Morgan fingerprint density at radius 1 is 1.19 bits per heavy atom. The van der Waals surface area contributed by atoms with Gasteiger partial charge in [0, 0.05) is 25.0 Å². The maximum atomic E-state index is 12.2. The molecule has 0 aromatic heterocycles. The van der Waals surface area contributed by atoms with Crippen molar-refractivity contribution in [2.45, 2.75) is 44.8 Å². The van der Waals surface area contributed by atoms with Crippen LogP contribution >= 0.6 is 0 Å². The van der Waals surface area contributed by atoms with Gasteiger partial charge in [0.05, 0.1) is 0 Å². The molecule has 1 amide bonds. The van der Waals surface area contributed by atoms with Crippen LogP contribution in [0.5, 0.6) is 0 Å². The second-order valence-electron chi connectivity index (χ2n) is 6.34. The maximum absolute atomic E-state index is 12.2. The highest BCUT2D eigenvalue weighted by Crippen LogP contribution is 2.23. The first kappa shape index (κ1) is 16.0. The molecule has 1 fully saturated rings. The van der Waals surface area contributed by atoms with Crippen LogP contribution in [0.4, 0.5) is 0 Å². The van der Waals surface area contributed by atoms with Crippen LogP contribution in [0.1, 0.15) is 36.8 Å². The maximum Gasteiger partial charge on any atom is 0.223 e. The van der Waals surface area contributed by atoms with Gasteiger partial charge in [-0.3, -0.25) is 4.79 Å². The summed E-state index contributed by atoms with van der Waals surface area (Å²) in [5.74, 6) is 0.326. The number of amides is 1. The Balaban J connectivity index is 1.89. The van der Waals surface area contributed by atoms with Crippen molar-refractivity contribution in [3.8, 4) is 0 Å². The molecule has 1 aromatic rings. The van der Waals surface area contributed by atoms with E-state index in [4.69, 9.17) is 5.73 Å². The van der Waals surface area contributed by atoms with Gasteiger partial charge in [-0.25, -0.2) is 0 Å². The van der Waals surface area contributed by atoms with Crippen molar-refractivity contribution in [3.63, 3.8) is 0 Å². The van der Waals surface area contributed by atoms with E-state index >= 15 is 0 Å². The predicted molar refractivity (Wildman–Crippen MR) is 85.6 cm³/mol. The summed E-state index contributed by atoms with van der Waals surface area (Å²) in [6.07, 6.45) is 3.78. The molecule has 1 saturated carbocycles. The molecule has 0 atom stereocenters. The summed E-state index contributed by atoms with van der Waals surface area (Å²) in [5.41, 5.74) is 8.36. The molecule has 0 unspecified atom stereocenters. The summed E-state index contributed by atoms with van der Waals surface area (Å²) in [7, 11) is 4.11. The number of hydrogen-bond donors (Lipinski definition) is 2. The van der Waals surface area contributed by atoms with Gasteiger partial charge < -0.3 is 16.0 Å². The predicted octanol–water partition coefficient (Wildman–Crippen LogP) is 1.88. The van der Waals surface area contributed by atoms with Gasteiger partial charge in [0.1, 0.15) is 0 Å². The second kappa shape index (κ2) is 7.57. The van der Waals surface area contributed by atoms with Crippen LogP contribution in [0.3, 0.4) is 0 Å². The topological polar surface area (TPSA) is 58.4 Å². The molecule has 2 rings (SSSR count). The molecule has 0 spiro atoms. The van der Waals surface area contributed by atoms with E-state index in [1.54, 1.807) is 0 Å². The van der Waals surface area contributed by atoms with E-state index < -0.39 is 0 Å². The molecule has 0 saturated heterocycles. The van der Waals surface area contributed by atoms with Crippen LogP contribution in [-0.2, 0) is 17.9 Å². The molecule has 1 aromatic carbocycles. The smallest absolute Gasteiger partial charge is 0.223 e. The molecule has 4 heteroatoms. The third kappa shape index (κ3) is 4.83. The minimum absolute atomic E-state index is 0.144. The van der Waals surface area contributed by atoms with Gasteiger partial charge in [-0.15, -0.1) is 0 Å². The molecule has 0 heterocycles. The zero-order chi connectivity index (χ0) is 15.2. The zero-order valence-corrected chi connectivity index (χ0v) is 13.1. The van der Waals surface area contributed by atoms with Crippen molar-refractivity contribution in [1.29, 1.82) is 0 Å². The summed E-state index contributed by atoms with van der Waals surface area (Å²) in [4.78, 5) is 14.4. The van der Waals surface area contributed by atoms with Crippen molar-refractivity contribution >= 4 is 5.91 Å². The third-order valence-electron chi connectivity index (χ3n) is 4.20. The average Bonchev–Trinajstić information content (AvgIpc) is 2.46. The average molecular weight is 289 g/mol. The van der Waals surface area contributed by atoms with Crippen molar-refractivity contribution in [2.24, 2.45) is 11.7 Å². The van der Waals surface area contributed by atoms with Crippen LogP contribution in [0.25, 0.3) is 0 Å². The lowest BCUT2D eigenvalue weighted by Crippen LogP contribution is -2.36. The Morgan fingerprint density at radius 3 is 2.43 bits per heavy atom. The quantitative estimate of drug-likeness (QED) is 0.870. The van der Waals surface area contributed by atoms with E-state index in [0.29, 0.717) is 6.54 Å². The molecule has 1 aliphatic carbocycles. The van der Waals surface area contributed by atoms with Crippen LogP contribution in [0.2, 0.25) is 0 Å². The summed E-state index contributed by atoms with van der Waals surface area (Å²) >= 11 is 0. The molecule has 0 radical (unpaired) electrons. The van der Waals surface area contributed by atoms with E-state index in [1.807, 2.05) is 12.1 Å². The first-order chi connectivity index (χ1) is 10.1. The fourth-order valence-electron chi connectivity index (χ4n) is 2.93. The number of nitrogens with zero attached hydrogens (tertiary/aromatic N) is 1. The SMILES string of the molecule is CN(C)Cc1ccccc1CNC(=O)C1CCC(N)CC1. The number of carbonyl (C=O) groups excluding carboxylic acids is 1. The molecular weight excluding hydrogens is 262 g/mol. The summed E-state index contributed by atoms with van der Waals surface area (Å²) < 4.78 is 0. The van der Waals surface area contributed by atoms with Crippen molar-refractivity contribution in [1.82, 2.24) is 10.2 Å². The Morgan fingerprint density at radius 2 is 1.81 bits per heavy atom.